The number of nitrogens with zero attached hydrogens (tertiary/aromatic N) is 1. The summed E-state index contributed by atoms with van der Waals surface area (Å²) in [4.78, 5) is 41.3. The summed E-state index contributed by atoms with van der Waals surface area (Å²) in [6.07, 6.45) is 3.34. The quantitative estimate of drug-likeness (QED) is 0.555. The minimum Gasteiger partial charge on any atom is -0.323 e. The maximum atomic E-state index is 12.2. The molecule has 2 N–H and O–H groups in total. The second kappa shape index (κ2) is 5.56. The largest absolute Gasteiger partial charge is 0.325 e. The van der Waals surface area contributed by atoms with E-state index in [1.807, 2.05) is 0 Å². The highest BCUT2D eigenvalue weighted by atomic mass is 16.6. The highest BCUT2D eigenvalue weighted by Crippen LogP contribution is 2.34. The molecule has 2 rings (SSSR count). The van der Waals surface area contributed by atoms with Crippen LogP contribution in [-0.2, 0) is 14.4 Å². The summed E-state index contributed by atoms with van der Waals surface area (Å²) in [5, 5.41) is 2.77. The van der Waals surface area contributed by atoms with E-state index in [2.05, 4.69) is 10.8 Å². The molecule has 1 aliphatic heterocycles. The van der Waals surface area contributed by atoms with Gasteiger partial charge in [0.2, 0.25) is 5.91 Å². The fraction of sp³-hybridized carbons (Fsp3) is 0.750. The van der Waals surface area contributed by atoms with Crippen molar-refractivity contribution in [3.05, 3.63) is 0 Å². The lowest BCUT2D eigenvalue weighted by Gasteiger charge is -2.19. The van der Waals surface area contributed by atoms with Gasteiger partial charge >= 0.3 is 6.03 Å². The van der Waals surface area contributed by atoms with Gasteiger partial charge in [-0.3, -0.25) is 19.3 Å². The Morgan fingerprint density at radius 1 is 1.42 bits per heavy atom. The summed E-state index contributed by atoms with van der Waals surface area (Å²) in [7, 11) is 0. The molecule has 0 aromatic heterocycles. The van der Waals surface area contributed by atoms with Crippen LogP contribution in [0.5, 0.6) is 0 Å². The van der Waals surface area contributed by atoms with E-state index in [-0.39, 0.29) is 24.8 Å². The smallest absolute Gasteiger partial charge is 0.323 e. The van der Waals surface area contributed by atoms with Crippen LogP contribution in [0.15, 0.2) is 0 Å². The molecule has 0 atom stereocenters. The molecule has 7 nitrogen and oxygen atoms in total. The van der Waals surface area contributed by atoms with Crippen molar-refractivity contribution in [1.29, 1.82) is 0 Å². The van der Waals surface area contributed by atoms with Crippen LogP contribution in [0, 0.1) is 0 Å². The molecule has 106 valence electrons. The van der Waals surface area contributed by atoms with Gasteiger partial charge in [0.15, 0.2) is 0 Å². The number of amides is 4. The average Bonchev–Trinajstić information content (AvgIpc) is 2.93. The first-order valence-corrected chi connectivity index (χ1v) is 6.64. The molecule has 1 saturated heterocycles. The monoisotopic (exact) mass is 269 g/mol. The maximum Gasteiger partial charge on any atom is 0.325 e. The topological polar surface area (TPSA) is 87.7 Å². The first-order chi connectivity index (χ1) is 9.09. The third kappa shape index (κ3) is 2.70. The molecule has 0 aromatic rings. The summed E-state index contributed by atoms with van der Waals surface area (Å²) in [5.41, 5.74) is 1.54. The summed E-state index contributed by atoms with van der Waals surface area (Å²) in [5.74, 6) is -0.533. The number of hydrogen-bond donors (Lipinski definition) is 2. The van der Waals surface area contributed by atoms with Crippen molar-refractivity contribution in [3.8, 4) is 0 Å². The Hall–Kier alpha value is -1.63. The maximum absolute atomic E-state index is 12.2. The van der Waals surface area contributed by atoms with Gasteiger partial charge in [0.1, 0.15) is 5.54 Å². The number of hydroxylamine groups is 1. The van der Waals surface area contributed by atoms with Crippen LogP contribution in [0.1, 0.15) is 39.0 Å². The van der Waals surface area contributed by atoms with Gasteiger partial charge in [-0.2, -0.15) is 0 Å². The van der Waals surface area contributed by atoms with E-state index in [1.165, 1.54) is 0 Å². The summed E-state index contributed by atoms with van der Waals surface area (Å²) < 4.78 is 0. The highest BCUT2D eigenvalue weighted by Gasteiger charge is 2.52. The average molecular weight is 269 g/mol. The van der Waals surface area contributed by atoms with E-state index in [9.17, 15) is 14.4 Å². The highest BCUT2D eigenvalue weighted by molar-refractivity contribution is 6.07. The van der Waals surface area contributed by atoms with Crippen molar-refractivity contribution in [3.63, 3.8) is 0 Å². The molecule has 7 heteroatoms. The van der Waals surface area contributed by atoms with Crippen molar-refractivity contribution in [1.82, 2.24) is 15.7 Å². The Morgan fingerprint density at radius 2 is 2.11 bits per heavy atom. The summed E-state index contributed by atoms with van der Waals surface area (Å²) in [6.45, 7) is 2.21. The molecule has 0 unspecified atom stereocenters. The Morgan fingerprint density at radius 3 is 2.74 bits per heavy atom. The standard InChI is InChI=1S/C12H19N3O4/c1-2-19-14-9(16)5-8-15-10(17)12(13-11(15)18)6-3-4-7-12/h2-8H2,1H3,(H,13,18)(H,14,16). The lowest BCUT2D eigenvalue weighted by Crippen LogP contribution is -2.44. The second-order valence-corrected chi connectivity index (χ2v) is 4.88. The first kappa shape index (κ1) is 13.8. The van der Waals surface area contributed by atoms with Gasteiger partial charge < -0.3 is 5.32 Å². The van der Waals surface area contributed by atoms with Crippen molar-refractivity contribution in [2.75, 3.05) is 13.2 Å². The van der Waals surface area contributed by atoms with Crippen molar-refractivity contribution >= 4 is 17.8 Å². The number of urea groups is 1. The zero-order valence-electron chi connectivity index (χ0n) is 11.0. The van der Waals surface area contributed by atoms with Crippen molar-refractivity contribution in [2.45, 2.75) is 44.6 Å². The minimum atomic E-state index is -0.701. The van der Waals surface area contributed by atoms with Gasteiger partial charge in [-0.05, 0) is 19.8 Å². The zero-order valence-corrected chi connectivity index (χ0v) is 11.0. The predicted molar refractivity (Wildman–Crippen MR) is 65.8 cm³/mol. The second-order valence-electron chi connectivity index (χ2n) is 4.88. The van der Waals surface area contributed by atoms with Crippen molar-refractivity contribution < 1.29 is 19.2 Å². The van der Waals surface area contributed by atoms with Crippen LogP contribution in [0.25, 0.3) is 0 Å². The summed E-state index contributed by atoms with van der Waals surface area (Å²) >= 11 is 0. The van der Waals surface area contributed by atoms with Crippen molar-refractivity contribution in [2.24, 2.45) is 0 Å². The molecule has 2 fully saturated rings. The number of carbonyl (C=O) groups excluding carboxylic acids is 3. The van der Waals surface area contributed by atoms with E-state index in [0.717, 1.165) is 17.7 Å². The summed E-state index contributed by atoms with van der Waals surface area (Å²) in [6, 6.07) is -0.392. The number of imide groups is 1. The number of carbonyl (C=O) groups is 3. The van der Waals surface area contributed by atoms with Crippen LogP contribution in [-0.4, -0.2) is 41.4 Å². The zero-order chi connectivity index (χ0) is 13.9. The van der Waals surface area contributed by atoms with Crippen LogP contribution in [0.2, 0.25) is 0 Å². The molecular weight excluding hydrogens is 250 g/mol. The Balaban J connectivity index is 1.89. The van der Waals surface area contributed by atoms with Gasteiger partial charge in [0, 0.05) is 13.0 Å². The Labute approximate surface area is 111 Å². The molecule has 1 heterocycles. The third-order valence-electron chi connectivity index (χ3n) is 3.60. The molecule has 1 saturated carbocycles. The molecule has 0 radical (unpaired) electrons. The van der Waals surface area contributed by atoms with Gasteiger partial charge in [0.05, 0.1) is 6.61 Å². The Kier molecular flexibility index (Phi) is 4.04. The molecular formula is C12H19N3O4. The number of hydrogen-bond acceptors (Lipinski definition) is 4. The normalized spacial score (nSPS) is 21.0. The number of nitrogens with one attached hydrogen (secondary N) is 2. The van der Waals surface area contributed by atoms with Crippen LogP contribution in [0.4, 0.5) is 4.79 Å². The molecule has 0 aromatic carbocycles. The third-order valence-corrected chi connectivity index (χ3v) is 3.60. The van der Waals surface area contributed by atoms with E-state index >= 15 is 0 Å². The number of rotatable bonds is 5. The van der Waals surface area contributed by atoms with E-state index in [1.54, 1.807) is 6.92 Å². The first-order valence-electron chi connectivity index (χ1n) is 6.64. The van der Waals surface area contributed by atoms with Crippen LogP contribution < -0.4 is 10.8 Å². The van der Waals surface area contributed by atoms with E-state index < -0.39 is 11.6 Å². The molecule has 4 amide bonds. The van der Waals surface area contributed by atoms with E-state index in [4.69, 9.17) is 4.84 Å². The Bertz CT molecular complexity index is 390. The fourth-order valence-corrected chi connectivity index (χ4v) is 2.61. The van der Waals surface area contributed by atoms with Crippen LogP contribution >= 0.6 is 0 Å². The lowest BCUT2D eigenvalue weighted by atomic mass is 9.98. The van der Waals surface area contributed by atoms with Gasteiger partial charge in [0.25, 0.3) is 5.91 Å². The molecule has 0 bridgehead atoms. The molecule has 19 heavy (non-hydrogen) atoms. The van der Waals surface area contributed by atoms with Gasteiger partial charge in [-0.25, -0.2) is 10.3 Å². The molecule has 2 aliphatic rings. The van der Waals surface area contributed by atoms with Gasteiger partial charge in [-0.15, -0.1) is 0 Å². The fourth-order valence-electron chi connectivity index (χ4n) is 2.61. The van der Waals surface area contributed by atoms with Gasteiger partial charge in [-0.1, -0.05) is 12.8 Å². The SMILES string of the molecule is CCONC(=O)CCN1C(=O)NC2(CCCC2)C1=O. The molecule has 1 aliphatic carbocycles. The minimum absolute atomic E-state index is 0.0508. The predicted octanol–water partition coefficient (Wildman–Crippen LogP) is 0.309. The molecule has 1 spiro atoms. The van der Waals surface area contributed by atoms with Crippen LogP contribution in [0.3, 0.4) is 0 Å². The van der Waals surface area contributed by atoms with E-state index in [0.29, 0.717) is 19.4 Å². The lowest BCUT2D eigenvalue weighted by molar-refractivity contribution is -0.134.